The molecule has 132 valence electrons. The number of aromatic nitrogens is 2. The van der Waals surface area contributed by atoms with Crippen LogP contribution in [0.15, 0.2) is 48.8 Å². The van der Waals surface area contributed by atoms with Crippen LogP contribution in [-0.4, -0.2) is 23.6 Å². The van der Waals surface area contributed by atoms with Crippen LogP contribution in [0.3, 0.4) is 0 Å². The van der Waals surface area contributed by atoms with E-state index < -0.39 is 0 Å². The molecule has 3 heterocycles. The summed E-state index contributed by atoms with van der Waals surface area (Å²) in [5, 5.41) is 0. The lowest BCUT2D eigenvalue weighted by Gasteiger charge is -2.18. The average Bonchev–Trinajstić information content (AvgIpc) is 3.16. The van der Waals surface area contributed by atoms with Gasteiger partial charge in [0, 0.05) is 30.3 Å². The second-order valence-electron chi connectivity index (χ2n) is 6.99. The first-order valence-corrected chi connectivity index (χ1v) is 8.73. The SMILES string of the molecule is CN(c1ccc(Oc2cccc3c2C2(CC2)CO3)nc1)c1cc[nH]c1N. The van der Waals surface area contributed by atoms with Crippen molar-refractivity contribution in [2.45, 2.75) is 18.3 Å². The van der Waals surface area contributed by atoms with Crippen molar-refractivity contribution in [3.63, 3.8) is 0 Å². The number of benzene rings is 1. The molecule has 0 bridgehead atoms. The summed E-state index contributed by atoms with van der Waals surface area (Å²) in [5.74, 6) is 2.99. The molecule has 1 saturated carbocycles. The van der Waals surface area contributed by atoms with Crippen LogP contribution in [0.2, 0.25) is 0 Å². The van der Waals surface area contributed by atoms with Crippen LogP contribution in [0.4, 0.5) is 17.2 Å². The van der Waals surface area contributed by atoms with Gasteiger partial charge in [0.1, 0.15) is 17.3 Å². The van der Waals surface area contributed by atoms with Crippen LogP contribution < -0.4 is 20.1 Å². The largest absolute Gasteiger partial charge is 0.492 e. The van der Waals surface area contributed by atoms with Gasteiger partial charge >= 0.3 is 0 Å². The number of nitrogen functional groups attached to an aromatic ring is 1. The molecule has 1 aliphatic carbocycles. The number of fused-ring (bicyclic) bond motifs is 2. The highest BCUT2D eigenvalue weighted by molar-refractivity contribution is 5.71. The van der Waals surface area contributed by atoms with Crippen LogP contribution >= 0.6 is 0 Å². The van der Waals surface area contributed by atoms with E-state index in [1.54, 1.807) is 6.20 Å². The van der Waals surface area contributed by atoms with Crippen molar-refractivity contribution in [3.8, 4) is 17.4 Å². The van der Waals surface area contributed by atoms with E-state index in [0.717, 1.165) is 42.3 Å². The first kappa shape index (κ1) is 15.1. The number of H-pyrrole nitrogens is 1. The predicted molar refractivity (Wildman–Crippen MR) is 100 cm³/mol. The first-order chi connectivity index (χ1) is 12.7. The summed E-state index contributed by atoms with van der Waals surface area (Å²) in [6.07, 6.45) is 5.93. The highest BCUT2D eigenvalue weighted by Gasteiger charge is 2.52. The van der Waals surface area contributed by atoms with E-state index >= 15 is 0 Å². The molecule has 0 atom stereocenters. The van der Waals surface area contributed by atoms with Crippen molar-refractivity contribution in [2.24, 2.45) is 0 Å². The number of hydrogen-bond acceptors (Lipinski definition) is 5. The molecule has 3 aromatic rings. The van der Waals surface area contributed by atoms with Gasteiger partial charge in [0.05, 0.1) is 24.2 Å². The molecule has 0 unspecified atom stereocenters. The quantitative estimate of drug-likeness (QED) is 0.746. The van der Waals surface area contributed by atoms with Gasteiger partial charge in [-0.05, 0) is 37.1 Å². The molecule has 5 rings (SSSR count). The normalized spacial score (nSPS) is 16.2. The molecule has 1 aliphatic heterocycles. The predicted octanol–water partition coefficient (Wildman–Crippen LogP) is 3.98. The zero-order valence-electron chi connectivity index (χ0n) is 14.5. The van der Waals surface area contributed by atoms with Crippen molar-refractivity contribution in [3.05, 3.63) is 54.4 Å². The number of nitrogens with zero attached hydrogens (tertiary/aromatic N) is 2. The number of anilines is 3. The molecule has 1 fully saturated rings. The van der Waals surface area contributed by atoms with Crippen molar-refractivity contribution < 1.29 is 9.47 Å². The molecule has 0 amide bonds. The molecule has 0 radical (unpaired) electrons. The highest BCUT2D eigenvalue weighted by Crippen LogP contribution is 2.58. The van der Waals surface area contributed by atoms with Crippen molar-refractivity contribution >= 4 is 17.2 Å². The summed E-state index contributed by atoms with van der Waals surface area (Å²) < 4.78 is 11.9. The van der Waals surface area contributed by atoms with Crippen LogP contribution in [0, 0.1) is 0 Å². The third-order valence-corrected chi connectivity index (χ3v) is 5.32. The summed E-state index contributed by atoms with van der Waals surface area (Å²) in [6.45, 7) is 0.762. The maximum absolute atomic E-state index is 6.11. The summed E-state index contributed by atoms with van der Waals surface area (Å²) in [4.78, 5) is 9.43. The van der Waals surface area contributed by atoms with Gasteiger partial charge in [-0.25, -0.2) is 4.98 Å². The Kier molecular flexibility index (Phi) is 3.16. The van der Waals surface area contributed by atoms with Gasteiger partial charge in [-0.1, -0.05) is 6.07 Å². The minimum atomic E-state index is 0.165. The van der Waals surface area contributed by atoms with Crippen molar-refractivity contribution in [2.75, 3.05) is 24.3 Å². The van der Waals surface area contributed by atoms with E-state index in [1.807, 2.05) is 54.5 Å². The molecule has 0 saturated heterocycles. The van der Waals surface area contributed by atoms with Crippen molar-refractivity contribution in [1.29, 1.82) is 0 Å². The molecule has 2 aromatic heterocycles. The third-order valence-electron chi connectivity index (χ3n) is 5.32. The molecule has 2 aliphatic rings. The minimum Gasteiger partial charge on any atom is -0.492 e. The second-order valence-corrected chi connectivity index (χ2v) is 6.99. The van der Waals surface area contributed by atoms with Gasteiger partial charge in [0.15, 0.2) is 0 Å². The Balaban J connectivity index is 1.40. The van der Waals surface area contributed by atoms with E-state index in [-0.39, 0.29) is 5.41 Å². The smallest absolute Gasteiger partial charge is 0.219 e. The Morgan fingerprint density at radius 2 is 2.12 bits per heavy atom. The van der Waals surface area contributed by atoms with Crippen LogP contribution in [0.5, 0.6) is 17.4 Å². The maximum atomic E-state index is 6.11. The van der Waals surface area contributed by atoms with Gasteiger partial charge in [-0.15, -0.1) is 0 Å². The topological polar surface area (TPSA) is 76.4 Å². The zero-order valence-corrected chi connectivity index (χ0v) is 14.5. The molecule has 26 heavy (non-hydrogen) atoms. The summed E-state index contributed by atoms with van der Waals surface area (Å²) in [5.41, 5.74) is 9.15. The number of aromatic amines is 1. The van der Waals surface area contributed by atoms with Gasteiger partial charge in [0.2, 0.25) is 5.88 Å². The first-order valence-electron chi connectivity index (χ1n) is 8.73. The van der Waals surface area contributed by atoms with E-state index in [4.69, 9.17) is 15.2 Å². The molecular weight excluding hydrogens is 328 g/mol. The third kappa shape index (κ3) is 2.29. The number of hydrogen-bond donors (Lipinski definition) is 2. The Morgan fingerprint density at radius 1 is 1.23 bits per heavy atom. The van der Waals surface area contributed by atoms with Crippen LogP contribution in [0.1, 0.15) is 18.4 Å². The lowest BCUT2D eigenvalue weighted by molar-refractivity contribution is 0.323. The monoisotopic (exact) mass is 348 g/mol. The summed E-state index contributed by atoms with van der Waals surface area (Å²) in [6, 6.07) is 11.8. The lowest BCUT2D eigenvalue weighted by Crippen LogP contribution is -2.11. The van der Waals surface area contributed by atoms with E-state index in [2.05, 4.69) is 9.97 Å². The maximum Gasteiger partial charge on any atom is 0.219 e. The van der Waals surface area contributed by atoms with E-state index in [9.17, 15) is 0 Å². The molecule has 1 aromatic carbocycles. The number of nitrogens with one attached hydrogen (secondary N) is 1. The van der Waals surface area contributed by atoms with Gasteiger partial charge < -0.3 is 25.1 Å². The molecular formula is C20H20N4O2. The number of pyridine rings is 1. The Bertz CT molecular complexity index is 960. The molecule has 6 heteroatoms. The molecule has 6 nitrogen and oxygen atoms in total. The summed E-state index contributed by atoms with van der Waals surface area (Å²) >= 11 is 0. The van der Waals surface area contributed by atoms with Gasteiger partial charge in [-0.2, -0.15) is 0 Å². The fourth-order valence-electron chi connectivity index (χ4n) is 3.62. The Morgan fingerprint density at radius 3 is 2.81 bits per heavy atom. The van der Waals surface area contributed by atoms with Crippen molar-refractivity contribution in [1.82, 2.24) is 9.97 Å². The van der Waals surface area contributed by atoms with Crippen LogP contribution in [-0.2, 0) is 5.41 Å². The molecule has 3 N–H and O–H groups in total. The van der Waals surface area contributed by atoms with Crippen LogP contribution in [0.25, 0.3) is 0 Å². The minimum absolute atomic E-state index is 0.165. The second kappa shape index (κ2) is 5.42. The number of nitrogens with two attached hydrogens (primary N) is 1. The van der Waals surface area contributed by atoms with E-state index in [0.29, 0.717) is 11.7 Å². The average molecular weight is 348 g/mol. The zero-order chi connectivity index (χ0) is 17.7. The fourth-order valence-corrected chi connectivity index (χ4v) is 3.62. The number of ether oxygens (including phenoxy) is 2. The Labute approximate surface area is 151 Å². The van der Waals surface area contributed by atoms with Gasteiger partial charge in [-0.3, -0.25) is 0 Å². The fraction of sp³-hybridized carbons (Fsp3) is 0.250. The number of rotatable bonds is 4. The highest BCUT2D eigenvalue weighted by atomic mass is 16.5. The van der Waals surface area contributed by atoms with Gasteiger partial charge in [0.25, 0.3) is 0 Å². The van der Waals surface area contributed by atoms with E-state index in [1.165, 1.54) is 5.56 Å². The lowest BCUT2D eigenvalue weighted by atomic mass is 9.97. The standard InChI is InChI=1S/C20H20N4O2/c1-24(14-7-10-22-19(14)21)13-5-6-17(23-11-13)26-16-4-2-3-15-18(16)20(8-9-20)12-25-15/h2-7,10-11,22H,8-9,12,21H2,1H3. The Hall–Kier alpha value is -3.15. The summed E-state index contributed by atoms with van der Waals surface area (Å²) in [7, 11) is 1.95. The molecule has 1 spiro atoms.